The van der Waals surface area contributed by atoms with Gasteiger partial charge in [-0.15, -0.1) is 0 Å². The number of ether oxygens (including phenoxy) is 2. The molecule has 0 radical (unpaired) electrons. The Balaban J connectivity index is 1.78. The highest BCUT2D eigenvalue weighted by Gasteiger charge is 2.57. The summed E-state index contributed by atoms with van der Waals surface area (Å²) in [4.78, 5) is 23.2. The lowest BCUT2D eigenvalue weighted by atomic mass is 10.1. The number of esters is 1. The molecular formula is C12H18O4. The van der Waals surface area contributed by atoms with E-state index >= 15 is 0 Å². The number of hydrogen-bond donors (Lipinski definition) is 0. The molecular weight excluding hydrogens is 208 g/mol. The van der Waals surface area contributed by atoms with Gasteiger partial charge in [-0.05, 0) is 32.6 Å². The van der Waals surface area contributed by atoms with Gasteiger partial charge in [0.2, 0.25) is 0 Å². The zero-order chi connectivity index (χ0) is 11.9. The first-order chi connectivity index (χ1) is 7.38. The maximum absolute atomic E-state index is 11.8. The average molecular weight is 226 g/mol. The molecule has 0 aromatic heterocycles. The number of Topliss-reactive ketones (excluding diaryl/α,β-unsaturated/α-hetero) is 1. The molecule has 2 atom stereocenters. The van der Waals surface area contributed by atoms with E-state index in [2.05, 4.69) is 0 Å². The van der Waals surface area contributed by atoms with Crippen molar-refractivity contribution in [1.29, 1.82) is 0 Å². The van der Waals surface area contributed by atoms with Gasteiger partial charge in [-0.25, -0.2) is 0 Å². The molecule has 2 aliphatic rings. The van der Waals surface area contributed by atoms with E-state index in [1.54, 1.807) is 20.8 Å². The van der Waals surface area contributed by atoms with Crippen molar-refractivity contribution in [3.05, 3.63) is 0 Å². The number of carbonyl (C=O) groups excluding carboxylic acids is 2. The minimum Gasteiger partial charge on any atom is -0.460 e. The van der Waals surface area contributed by atoms with Gasteiger partial charge in [0.1, 0.15) is 17.8 Å². The summed E-state index contributed by atoms with van der Waals surface area (Å²) in [6.45, 7) is 6.75. The molecule has 2 unspecified atom stereocenters. The Morgan fingerprint density at radius 3 is 2.31 bits per heavy atom. The summed E-state index contributed by atoms with van der Waals surface area (Å²) in [6.07, 6.45) is -0.0884. The fourth-order valence-corrected chi connectivity index (χ4v) is 2.35. The van der Waals surface area contributed by atoms with Gasteiger partial charge in [0.15, 0.2) is 0 Å². The van der Waals surface area contributed by atoms with Gasteiger partial charge in [-0.2, -0.15) is 0 Å². The molecule has 1 aliphatic heterocycles. The summed E-state index contributed by atoms with van der Waals surface area (Å²) in [7, 11) is 0. The van der Waals surface area contributed by atoms with Crippen molar-refractivity contribution in [2.45, 2.75) is 32.8 Å². The molecule has 2 fully saturated rings. The molecule has 1 saturated carbocycles. The van der Waals surface area contributed by atoms with Crippen LogP contribution in [-0.2, 0) is 19.1 Å². The van der Waals surface area contributed by atoms with E-state index in [1.807, 2.05) is 0 Å². The molecule has 0 spiro atoms. The summed E-state index contributed by atoms with van der Waals surface area (Å²) in [5.74, 6) is 0.405. The molecule has 1 saturated heterocycles. The van der Waals surface area contributed by atoms with Crippen molar-refractivity contribution in [2.24, 2.45) is 17.8 Å². The second-order valence-electron chi connectivity index (χ2n) is 5.62. The predicted molar refractivity (Wildman–Crippen MR) is 56.8 cm³/mol. The Labute approximate surface area is 95.3 Å². The van der Waals surface area contributed by atoms with Gasteiger partial charge in [0.25, 0.3) is 0 Å². The molecule has 0 N–H and O–H groups in total. The lowest BCUT2D eigenvalue weighted by Gasteiger charge is -2.19. The third-order valence-corrected chi connectivity index (χ3v) is 3.06. The average Bonchev–Trinajstić information content (AvgIpc) is 2.58. The number of carbonyl (C=O) groups is 2. The van der Waals surface area contributed by atoms with Crippen molar-refractivity contribution in [3.63, 3.8) is 0 Å². The summed E-state index contributed by atoms with van der Waals surface area (Å²) >= 11 is 0. The minimum absolute atomic E-state index is 0.0209. The van der Waals surface area contributed by atoms with E-state index in [9.17, 15) is 9.59 Å². The van der Waals surface area contributed by atoms with Gasteiger partial charge in [0, 0.05) is 5.92 Å². The first-order valence-electron chi connectivity index (χ1n) is 5.71. The van der Waals surface area contributed by atoms with Crippen molar-refractivity contribution >= 4 is 11.8 Å². The second-order valence-corrected chi connectivity index (χ2v) is 5.62. The second kappa shape index (κ2) is 3.84. The van der Waals surface area contributed by atoms with E-state index < -0.39 is 11.6 Å². The highest BCUT2D eigenvalue weighted by molar-refractivity contribution is 5.98. The molecule has 4 heteroatoms. The Morgan fingerprint density at radius 2 is 1.81 bits per heavy atom. The Morgan fingerprint density at radius 1 is 1.25 bits per heavy atom. The third kappa shape index (κ3) is 2.43. The van der Waals surface area contributed by atoms with Crippen LogP contribution in [0.2, 0.25) is 0 Å². The maximum atomic E-state index is 11.8. The standard InChI is InChI=1S/C12H18O4/c1-12(2,3)16-10(14)4-9(13)11-7-5-15-6-8(7)11/h7-8,11H,4-6H2,1-3H3. The van der Waals surface area contributed by atoms with Crippen molar-refractivity contribution in [1.82, 2.24) is 0 Å². The van der Waals surface area contributed by atoms with Crippen LogP contribution in [-0.4, -0.2) is 30.6 Å². The van der Waals surface area contributed by atoms with Crippen molar-refractivity contribution in [3.8, 4) is 0 Å². The number of fused-ring (bicyclic) bond motifs is 1. The van der Waals surface area contributed by atoms with Crippen LogP contribution in [0.25, 0.3) is 0 Å². The molecule has 90 valence electrons. The van der Waals surface area contributed by atoms with Gasteiger partial charge in [-0.1, -0.05) is 0 Å². The predicted octanol–water partition coefficient (Wildman–Crippen LogP) is 1.18. The molecule has 1 heterocycles. The van der Waals surface area contributed by atoms with E-state index in [1.165, 1.54) is 0 Å². The molecule has 0 aromatic rings. The van der Waals surface area contributed by atoms with E-state index in [0.717, 1.165) is 0 Å². The van der Waals surface area contributed by atoms with Crippen LogP contribution in [0.1, 0.15) is 27.2 Å². The molecule has 16 heavy (non-hydrogen) atoms. The smallest absolute Gasteiger partial charge is 0.313 e. The monoisotopic (exact) mass is 226 g/mol. The highest BCUT2D eigenvalue weighted by Crippen LogP contribution is 2.51. The van der Waals surface area contributed by atoms with Crippen LogP contribution in [0.15, 0.2) is 0 Å². The first kappa shape index (κ1) is 11.6. The van der Waals surface area contributed by atoms with Gasteiger partial charge in [0.05, 0.1) is 13.2 Å². The fraction of sp³-hybridized carbons (Fsp3) is 0.833. The van der Waals surface area contributed by atoms with Crippen LogP contribution in [0.5, 0.6) is 0 Å². The Bertz CT molecular complexity index is 305. The Kier molecular flexibility index (Phi) is 2.78. The van der Waals surface area contributed by atoms with Crippen LogP contribution >= 0.6 is 0 Å². The summed E-state index contributed by atoms with van der Waals surface area (Å²) in [5.41, 5.74) is -0.514. The van der Waals surface area contributed by atoms with Crippen LogP contribution in [0, 0.1) is 17.8 Å². The van der Waals surface area contributed by atoms with Crippen LogP contribution in [0.4, 0.5) is 0 Å². The normalized spacial score (nSPS) is 32.1. The van der Waals surface area contributed by atoms with Gasteiger partial charge in [-0.3, -0.25) is 9.59 Å². The zero-order valence-corrected chi connectivity index (χ0v) is 9.99. The van der Waals surface area contributed by atoms with Crippen molar-refractivity contribution in [2.75, 3.05) is 13.2 Å². The quantitative estimate of drug-likeness (QED) is 0.535. The lowest BCUT2D eigenvalue weighted by molar-refractivity contribution is -0.156. The SMILES string of the molecule is CC(C)(C)OC(=O)CC(=O)C1C2COCC21. The number of rotatable bonds is 3. The lowest BCUT2D eigenvalue weighted by Crippen LogP contribution is -2.26. The molecule has 0 aromatic carbocycles. The van der Waals surface area contributed by atoms with E-state index in [4.69, 9.17) is 9.47 Å². The zero-order valence-electron chi connectivity index (χ0n) is 9.99. The van der Waals surface area contributed by atoms with Gasteiger partial charge < -0.3 is 9.47 Å². The van der Waals surface area contributed by atoms with Gasteiger partial charge >= 0.3 is 5.97 Å². The number of hydrogen-bond acceptors (Lipinski definition) is 4. The van der Waals surface area contributed by atoms with Crippen molar-refractivity contribution < 1.29 is 19.1 Å². The van der Waals surface area contributed by atoms with E-state index in [0.29, 0.717) is 25.0 Å². The summed E-state index contributed by atoms with van der Waals surface area (Å²) in [5, 5.41) is 0. The minimum atomic E-state index is -0.514. The Hall–Kier alpha value is -0.900. The van der Waals surface area contributed by atoms with E-state index in [-0.39, 0.29) is 18.1 Å². The summed E-state index contributed by atoms with van der Waals surface area (Å²) in [6, 6.07) is 0. The largest absolute Gasteiger partial charge is 0.460 e. The highest BCUT2D eigenvalue weighted by atomic mass is 16.6. The molecule has 4 nitrogen and oxygen atoms in total. The molecule has 1 aliphatic carbocycles. The fourth-order valence-electron chi connectivity index (χ4n) is 2.35. The topological polar surface area (TPSA) is 52.6 Å². The first-order valence-corrected chi connectivity index (χ1v) is 5.71. The summed E-state index contributed by atoms with van der Waals surface area (Å²) < 4.78 is 10.3. The maximum Gasteiger partial charge on any atom is 0.313 e. The molecule has 0 amide bonds. The molecule has 0 bridgehead atoms. The third-order valence-electron chi connectivity index (χ3n) is 3.06. The van der Waals surface area contributed by atoms with Crippen LogP contribution < -0.4 is 0 Å². The van der Waals surface area contributed by atoms with Crippen LogP contribution in [0.3, 0.4) is 0 Å². The number of ketones is 1. The molecule has 2 rings (SSSR count).